The number of nitrogens with one attached hydrogen (secondary N) is 1. The quantitative estimate of drug-likeness (QED) is 0.771. The Morgan fingerprint density at radius 2 is 2.21 bits per heavy atom. The molecule has 19 heavy (non-hydrogen) atoms. The maximum absolute atomic E-state index is 13.0. The Bertz CT molecular complexity index is 386. The summed E-state index contributed by atoms with van der Waals surface area (Å²) < 4.78 is 24.4. The largest absolute Gasteiger partial charge is 0.491 e. The first-order valence-corrected chi connectivity index (χ1v) is 7.02. The van der Waals surface area contributed by atoms with Crippen molar-refractivity contribution < 1.29 is 13.9 Å². The highest BCUT2D eigenvalue weighted by atomic mass is 19.1. The zero-order valence-corrected chi connectivity index (χ0v) is 11.4. The minimum Gasteiger partial charge on any atom is -0.491 e. The van der Waals surface area contributed by atoms with E-state index in [1.807, 2.05) is 0 Å². The maximum atomic E-state index is 13.0. The van der Waals surface area contributed by atoms with E-state index < -0.39 is 0 Å². The molecule has 0 bridgehead atoms. The van der Waals surface area contributed by atoms with Gasteiger partial charge in [-0.2, -0.15) is 0 Å². The second-order valence-electron chi connectivity index (χ2n) is 4.93. The van der Waals surface area contributed by atoms with Crippen LogP contribution in [0.2, 0.25) is 0 Å². The van der Waals surface area contributed by atoms with Crippen LogP contribution in [0.3, 0.4) is 0 Å². The number of rotatable bonds is 7. The lowest BCUT2D eigenvalue weighted by Crippen LogP contribution is -2.28. The molecule has 1 aromatic rings. The summed E-state index contributed by atoms with van der Waals surface area (Å²) in [6.07, 6.45) is 3.62. The lowest BCUT2D eigenvalue weighted by atomic mass is 10.2. The van der Waals surface area contributed by atoms with Crippen molar-refractivity contribution in [3.63, 3.8) is 0 Å². The van der Waals surface area contributed by atoms with Gasteiger partial charge in [-0.3, -0.25) is 0 Å². The second kappa shape index (κ2) is 7.46. The smallest absolute Gasteiger partial charge is 0.126 e. The van der Waals surface area contributed by atoms with Crippen LogP contribution in [0.5, 0.6) is 5.75 Å². The van der Waals surface area contributed by atoms with Crippen LogP contribution in [0.4, 0.5) is 4.39 Å². The van der Waals surface area contributed by atoms with Crippen molar-refractivity contribution in [2.75, 3.05) is 19.7 Å². The molecule has 1 aromatic carbocycles. The van der Waals surface area contributed by atoms with E-state index in [4.69, 9.17) is 9.47 Å². The van der Waals surface area contributed by atoms with Crippen LogP contribution in [0.1, 0.15) is 26.2 Å². The molecule has 1 aliphatic rings. The molecule has 3 nitrogen and oxygen atoms in total. The summed E-state index contributed by atoms with van der Waals surface area (Å²) in [5.74, 6) is 0.294. The summed E-state index contributed by atoms with van der Waals surface area (Å²) in [5, 5.41) is 3.36. The van der Waals surface area contributed by atoms with Gasteiger partial charge < -0.3 is 14.8 Å². The highest BCUT2D eigenvalue weighted by Gasteiger charge is 2.25. The molecule has 2 rings (SSSR count). The minimum absolute atomic E-state index is 0.122. The molecule has 1 saturated heterocycles. The number of ether oxygens (including phenoxy) is 2. The highest BCUT2D eigenvalue weighted by molar-refractivity contribution is 5.22. The summed E-state index contributed by atoms with van der Waals surface area (Å²) in [6, 6.07) is 6.22. The maximum Gasteiger partial charge on any atom is 0.126 e. The Morgan fingerprint density at radius 3 is 3.00 bits per heavy atom. The van der Waals surface area contributed by atoms with Crippen molar-refractivity contribution >= 4 is 0 Å². The van der Waals surface area contributed by atoms with Gasteiger partial charge in [-0.1, -0.05) is 13.0 Å². The van der Waals surface area contributed by atoms with Crippen LogP contribution < -0.4 is 10.1 Å². The van der Waals surface area contributed by atoms with Crippen molar-refractivity contribution in [1.29, 1.82) is 0 Å². The topological polar surface area (TPSA) is 30.5 Å². The Balaban J connectivity index is 1.67. The molecule has 0 amide bonds. The van der Waals surface area contributed by atoms with Gasteiger partial charge in [0.1, 0.15) is 18.2 Å². The molecule has 1 heterocycles. The first-order valence-electron chi connectivity index (χ1n) is 7.02. The molecular weight excluding hydrogens is 245 g/mol. The average Bonchev–Trinajstić information content (AvgIpc) is 2.85. The first-order chi connectivity index (χ1) is 9.28. The summed E-state index contributed by atoms with van der Waals surface area (Å²) in [6.45, 7) is 4.58. The van der Waals surface area contributed by atoms with E-state index in [9.17, 15) is 4.39 Å². The Morgan fingerprint density at radius 1 is 1.37 bits per heavy atom. The highest BCUT2D eigenvalue weighted by Crippen LogP contribution is 2.21. The molecule has 0 radical (unpaired) electrons. The molecule has 0 saturated carbocycles. The molecule has 1 fully saturated rings. The van der Waals surface area contributed by atoms with Gasteiger partial charge in [0.15, 0.2) is 0 Å². The van der Waals surface area contributed by atoms with Gasteiger partial charge in [0.25, 0.3) is 0 Å². The number of hydrogen-bond acceptors (Lipinski definition) is 3. The van der Waals surface area contributed by atoms with Crippen molar-refractivity contribution in [3.8, 4) is 5.75 Å². The van der Waals surface area contributed by atoms with E-state index in [1.165, 1.54) is 12.1 Å². The lowest BCUT2D eigenvalue weighted by molar-refractivity contribution is 0.0186. The monoisotopic (exact) mass is 267 g/mol. The Kier molecular flexibility index (Phi) is 5.61. The molecule has 1 aliphatic heterocycles. The first kappa shape index (κ1) is 14.3. The molecule has 0 aromatic heterocycles. The van der Waals surface area contributed by atoms with Crippen molar-refractivity contribution in [1.82, 2.24) is 5.32 Å². The van der Waals surface area contributed by atoms with Gasteiger partial charge in [0, 0.05) is 12.6 Å². The van der Waals surface area contributed by atoms with E-state index in [-0.39, 0.29) is 18.0 Å². The number of hydrogen-bond donors (Lipinski definition) is 1. The third kappa shape index (κ3) is 4.80. The predicted molar refractivity (Wildman–Crippen MR) is 73.0 cm³/mol. The zero-order chi connectivity index (χ0) is 13.5. The van der Waals surface area contributed by atoms with Crippen LogP contribution in [-0.2, 0) is 4.74 Å². The van der Waals surface area contributed by atoms with E-state index >= 15 is 0 Å². The van der Waals surface area contributed by atoms with Gasteiger partial charge in [-0.25, -0.2) is 4.39 Å². The van der Waals surface area contributed by atoms with Gasteiger partial charge in [0.05, 0.1) is 12.2 Å². The lowest BCUT2D eigenvalue weighted by Gasteiger charge is -2.15. The molecule has 2 unspecified atom stereocenters. The fourth-order valence-electron chi connectivity index (χ4n) is 2.24. The fraction of sp³-hybridized carbons (Fsp3) is 0.600. The van der Waals surface area contributed by atoms with E-state index in [1.54, 1.807) is 12.1 Å². The van der Waals surface area contributed by atoms with Crippen LogP contribution >= 0.6 is 0 Å². The Hall–Kier alpha value is -1.13. The minimum atomic E-state index is -0.272. The zero-order valence-electron chi connectivity index (χ0n) is 11.4. The van der Waals surface area contributed by atoms with Gasteiger partial charge in [-0.15, -0.1) is 0 Å². The molecule has 4 heteroatoms. The number of halogens is 1. The summed E-state index contributed by atoms with van der Waals surface area (Å²) in [4.78, 5) is 0. The third-order valence-corrected chi connectivity index (χ3v) is 3.23. The van der Waals surface area contributed by atoms with Crippen LogP contribution in [-0.4, -0.2) is 31.9 Å². The van der Waals surface area contributed by atoms with Crippen LogP contribution in [0.25, 0.3) is 0 Å². The second-order valence-corrected chi connectivity index (χ2v) is 4.93. The van der Waals surface area contributed by atoms with E-state index in [2.05, 4.69) is 12.2 Å². The molecule has 106 valence electrons. The fourth-order valence-corrected chi connectivity index (χ4v) is 2.24. The van der Waals surface area contributed by atoms with Gasteiger partial charge >= 0.3 is 0 Å². The Labute approximate surface area is 114 Å². The third-order valence-electron chi connectivity index (χ3n) is 3.23. The van der Waals surface area contributed by atoms with Crippen LogP contribution in [0.15, 0.2) is 24.3 Å². The molecule has 0 spiro atoms. The van der Waals surface area contributed by atoms with Gasteiger partial charge in [0.2, 0.25) is 0 Å². The normalized spacial score (nSPS) is 22.6. The molecular formula is C15H22FNO2. The van der Waals surface area contributed by atoms with Crippen LogP contribution in [0, 0.1) is 5.82 Å². The number of benzene rings is 1. The summed E-state index contributed by atoms with van der Waals surface area (Å²) in [7, 11) is 0. The molecule has 1 N–H and O–H groups in total. The van der Waals surface area contributed by atoms with E-state index in [0.29, 0.717) is 12.4 Å². The van der Waals surface area contributed by atoms with Crippen molar-refractivity contribution in [3.05, 3.63) is 30.1 Å². The summed E-state index contributed by atoms with van der Waals surface area (Å²) in [5.41, 5.74) is 0. The average molecular weight is 267 g/mol. The standard InChI is InChI=1S/C15H22FNO2/c1-2-8-17-10-14-6-7-15(19-14)11-18-13-5-3-4-12(16)9-13/h3-5,9,14-15,17H,2,6-8,10-11H2,1H3. The molecule has 2 atom stereocenters. The SMILES string of the molecule is CCCNCC1CCC(COc2cccc(F)c2)O1. The van der Waals surface area contributed by atoms with Crippen molar-refractivity contribution in [2.24, 2.45) is 0 Å². The van der Waals surface area contributed by atoms with Gasteiger partial charge in [-0.05, 0) is 37.9 Å². The molecule has 0 aliphatic carbocycles. The van der Waals surface area contributed by atoms with Crippen molar-refractivity contribution in [2.45, 2.75) is 38.4 Å². The van der Waals surface area contributed by atoms with E-state index in [0.717, 1.165) is 32.4 Å². The predicted octanol–water partition coefficient (Wildman–Crippen LogP) is 2.75. The summed E-state index contributed by atoms with van der Waals surface area (Å²) >= 11 is 0.